The number of primary amides is 1. The number of hydrogen-bond donors (Lipinski definition) is 2. The van der Waals surface area contributed by atoms with E-state index in [1.807, 2.05) is 6.92 Å². The average molecular weight is 297 g/mol. The van der Waals surface area contributed by atoms with Gasteiger partial charge in [0.25, 0.3) is 5.91 Å². The minimum Gasteiger partial charge on any atom is -0.472 e. The maximum absolute atomic E-state index is 11.8. The summed E-state index contributed by atoms with van der Waals surface area (Å²) in [5, 5.41) is 3.15. The summed E-state index contributed by atoms with van der Waals surface area (Å²) in [4.78, 5) is 26.7. The Hall–Kier alpha value is -1.80. The average Bonchev–Trinajstić information content (AvgIpc) is 2.96. The number of carbonyl (C=O) groups excluding carboxylic acids is 2. The highest BCUT2D eigenvalue weighted by atomic mass is 32.2. The number of nitrogens with one attached hydrogen (secondary N) is 1. The van der Waals surface area contributed by atoms with Crippen LogP contribution < -0.4 is 11.1 Å². The Labute approximate surface area is 117 Å². The van der Waals surface area contributed by atoms with E-state index in [2.05, 4.69) is 10.3 Å². The van der Waals surface area contributed by atoms with E-state index >= 15 is 0 Å². The fourth-order valence-corrected chi connectivity index (χ4v) is 3.14. The van der Waals surface area contributed by atoms with Gasteiger partial charge in [-0.25, -0.2) is 4.98 Å². The molecule has 0 spiro atoms. The van der Waals surface area contributed by atoms with Crippen LogP contribution in [0, 0.1) is 6.92 Å². The van der Waals surface area contributed by atoms with Gasteiger partial charge < -0.3 is 10.2 Å². The lowest BCUT2D eigenvalue weighted by Gasteiger charge is -1.96. The van der Waals surface area contributed by atoms with E-state index in [1.165, 1.54) is 35.6 Å². The Morgan fingerprint density at radius 1 is 1.58 bits per heavy atom. The van der Waals surface area contributed by atoms with E-state index in [0.717, 1.165) is 9.90 Å². The lowest BCUT2D eigenvalue weighted by Crippen LogP contribution is -2.12. The van der Waals surface area contributed by atoms with Gasteiger partial charge in [0.1, 0.15) is 6.26 Å². The summed E-state index contributed by atoms with van der Waals surface area (Å²) in [5.74, 6) is -0.478. The lowest BCUT2D eigenvalue weighted by atomic mass is 10.3. The monoisotopic (exact) mass is 297 g/mol. The number of hydrogen-bond acceptors (Lipinski definition) is 6. The van der Waals surface area contributed by atoms with Gasteiger partial charge in [-0.3, -0.25) is 14.9 Å². The minimum absolute atomic E-state index is 0.193. The van der Waals surface area contributed by atoms with Crippen molar-refractivity contribution in [2.45, 2.75) is 11.1 Å². The van der Waals surface area contributed by atoms with Gasteiger partial charge in [0.15, 0.2) is 5.13 Å². The Bertz CT molecular complexity index is 592. The Kier molecular flexibility index (Phi) is 4.23. The molecular weight excluding hydrogens is 286 g/mol. The van der Waals surface area contributed by atoms with Crippen LogP contribution in [-0.2, 0) is 4.79 Å². The molecule has 100 valence electrons. The molecule has 3 N–H and O–H groups in total. The molecule has 0 aliphatic heterocycles. The first-order chi connectivity index (χ1) is 9.06. The van der Waals surface area contributed by atoms with Gasteiger partial charge in [0, 0.05) is 0 Å². The third-order valence-electron chi connectivity index (χ3n) is 2.10. The first-order valence-electron chi connectivity index (χ1n) is 5.28. The number of furan rings is 1. The summed E-state index contributed by atoms with van der Waals surface area (Å²) in [6.45, 7) is 1.81. The van der Waals surface area contributed by atoms with E-state index in [1.54, 1.807) is 6.07 Å². The predicted octanol–water partition coefficient (Wildman–Crippen LogP) is 1.87. The summed E-state index contributed by atoms with van der Waals surface area (Å²) in [5.41, 5.74) is 6.28. The number of amides is 2. The highest BCUT2D eigenvalue weighted by Gasteiger charge is 2.13. The van der Waals surface area contributed by atoms with E-state index in [-0.39, 0.29) is 17.6 Å². The lowest BCUT2D eigenvalue weighted by molar-refractivity contribution is -0.115. The molecule has 19 heavy (non-hydrogen) atoms. The fourth-order valence-electron chi connectivity index (χ4n) is 1.27. The van der Waals surface area contributed by atoms with Crippen LogP contribution in [0.15, 0.2) is 27.2 Å². The topological polar surface area (TPSA) is 98.2 Å². The molecule has 6 nitrogen and oxygen atoms in total. The molecule has 0 aromatic carbocycles. The van der Waals surface area contributed by atoms with Gasteiger partial charge in [-0.2, -0.15) is 0 Å². The zero-order valence-electron chi connectivity index (χ0n) is 10.0. The number of nitrogens with zero attached hydrogens (tertiary/aromatic N) is 1. The second kappa shape index (κ2) is 5.89. The molecule has 0 saturated carbocycles. The van der Waals surface area contributed by atoms with Crippen LogP contribution in [0.5, 0.6) is 0 Å². The first-order valence-corrected chi connectivity index (χ1v) is 7.08. The van der Waals surface area contributed by atoms with Gasteiger partial charge in [-0.05, 0) is 13.0 Å². The SMILES string of the molecule is Cc1nc(NC(=O)c2ccoc2)sc1SCC(N)=O. The highest BCUT2D eigenvalue weighted by Crippen LogP contribution is 2.32. The van der Waals surface area contributed by atoms with Crippen LogP contribution in [0.25, 0.3) is 0 Å². The van der Waals surface area contributed by atoms with E-state index in [4.69, 9.17) is 10.2 Å². The Morgan fingerprint density at radius 3 is 3.00 bits per heavy atom. The number of carbonyl (C=O) groups is 2. The van der Waals surface area contributed by atoms with E-state index in [0.29, 0.717) is 10.7 Å². The molecular formula is C11H11N3O3S2. The smallest absolute Gasteiger partial charge is 0.260 e. The molecule has 2 aromatic rings. The first kappa shape index (κ1) is 13.6. The fraction of sp³-hybridized carbons (Fsp3) is 0.182. The van der Waals surface area contributed by atoms with Gasteiger partial charge in [0.2, 0.25) is 5.91 Å². The number of aryl methyl sites for hydroxylation is 1. The summed E-state index contributed by atoms with van der Waals surface area (Å²) in [6, 6.07) is 1.57. The molecule has 2 aromatic heterocycles. The van der Waals surface area contributed by atoms with Crippen molar-refractivity contribution in [3.05, 3.63) is 29.9 Å². The van der Waals surface area contributed by atoms with Crippen molar-refractivity contribution >= 4 is 40.0 Å². The number of aromatic nitrogens is 1. The molecule has 0 bridgehead atoms. The standard InChI is InChI=1S/C11H11N3O3S2/c1-6-10(18-5-8(12)15)19-11(13-6)14-9(16)7-2-3-17-4-7/h2-4H,5H2,1H3,(H2,12,15)(H,13,14,16). The van der Waals surface area contributed by atoms with E-state index < -0.39 is 0 Å². The van der Waals surface area contributed by atoms with Crippen molar-refractivity contribution in [3.8, 4) is 0 Å². The van der Waals surface area contributed by atoms with Crippen molar-refractivity contribution in [1.29, 1.82) is 0 Å². The second-order valence-corrected chi connectivity index (χ2v) is 5.86. The van der Waals surface area contributed by atoms with Gasteiger partial charge in [-0.1, -0.05) is 11.3 Å². The molecule has 0 unspecified atom stereocenters. The Morgan fingerprint density at radius 2 is 2.37 bits per heavy atom. The number of rotatable bonds is 5. The van der Waals surface area contributed by atoms with Crippen molar-refractivity contribution < 1.29 is 14.0 Å². The largest absolute Gasteiger partial charge is 0.472 e. The number of thioether (sulfide) groups is 1. The number of thiazole rings is 1. The molecule has 0 saturated heterocycles. The number of nitrogens with two attached hydrogens (primary N) is 1. The normalized spacial score (nSPS) is 10.4. The van der Waals surface area contributed by atoms with Crippen LogP contribution in [0.2, 0.25) is 0 Å². The van der Waals surface area contributed by atoms with Gasteiger partial charge in [0.05, 0.1) is 27.5 Å². The zero-order valence-corrected chi connectivity index (χ0v) is 11.6. The van der Waals surface area contributed by atoms with Crippen LogP contribution in [0.1, 0.15) is 16.1 Å². The second-order valence-electron chi connectivity index (χ2n) is 3.61. The molecule has 8 heteroatoms. The van der Waals surface area contributed by atoms with Gasteiger partial charge in [-0.15, -0.1) is 11.8 Å². The summed E-state index contributed by atoms with van der Waals surface area (Å²) in [7, 11) is 0. The molecule has 0 atom stereocenters. The molecule has 0 radical (unpaired) electrons. The molecule has 0 fully saturated rings. The third kappa shape index (κ3) is 3.58. The minimum atomic E-state index is -0.387. The predicted molar refractivity (Wildman–Crippen MR) is 73.4 cm³/mol. The van der Waals surface area contributed by atoms with Gasteiger partial charge >= 0.3 is 0 Å². The third-order valence-corrected chi connectivity index (χ3v) is 4.56. The molecule has 2 rings (SSSR count). The van der Waals surface area contributed by atoms with Crippen LogP contribution in [0.4, 0.5) is 5.13 Å². The van der Waals surface area contributed by atoms with Crippen molar-refractivity contribution in [2.24, 2.45) is 5.73 Å². The maximum atomic E-state index is 11.8. The quantitative estimate of drug-likeness (QED) is 0.821. The molecule has 0 aliphatic carbocycles. The van der Waals surface area contributed by atoms with Crippen LogP contribution >= 0.6 is 23.1 Å². The molecule has 2 heterocycles. The molecule has 2 amide bonds. The molecule has 0 aliphatic rings. The zero-order chi connectivity index (χ0) is 13.8. The van der Waals surface area contributed by atoms with Crippen LogP contribution in [0.3, 0.4) is 0 Å². The van der Waals surface area contributed by atoms with Crippen molar-refractivity contribution in [1.82, 2.24) is 4.98 Å². The Balaban J connectivity index is 2.03. The highest BCUT2D eigenvalue weighted by molar-refractivity contribution is 8.01. The summed E-state index contributed by atoms with van der Waals surface area (Å²) >= 11 is 2.62. The summed E-state index contributed by atoms with van der Waals surface area (Å²) < 4.78 is 5.70. The summed E-state index contributed by atoms with van der Waals surface area (Å²) in [6.07, 6.45) is 2.79. The van der Waals surface area contributed by atoms with E-state index in [9.17, 15) is 9.59 Å². The number of anilines is 1. The van der Waals surface area contributed by atoms with Crippen LogP contribution in [-0.4, -0.2) is 22.6 Å². The van der Waals surface area contributed by atoms with Crippen molar-refractivity contribution in [3.63, 3.8) is 0 Å². The maximum Gasteiger partial charge on any atom is 0.260 e. The van der Waals surface area contributed by atoms with Crippen molar-refractivity contribution in [2.75, 3.05) is 11.1 Å².